The Morgan fingerprint density at radius 2 is 2.08 bits per heavy atom. The standard InChI is InChI=1S/C11H16O2/c1-2-3-8-9-4-5-11(10(8)9)12-6-7-13-11/h2-3,8-10H,4-7H2,1H3/b3-2+/t8-,9+,10-/m0/s1. The highest BCUT2D eigenvalue weighted by atomic mass is 16.7. The minimum Gasteiger partial charge on any atom is -0.347 e. The molecule has 0 N–H and O–H groups in total. The van der Waals surface area contributed by atoms with Crippen LogP contribution in [0, 0.1) is 17.8 Å². The third kappa shape index (κ3) is 0.960. The van der Waals surface area contributed by atoms with E-state index in [1.807, 2.05) is 0 Å². The Hall–Kier alpha value is -0.340. The summed E-state index contributed by atoms with van der Waals surface area (Å²) in [7, 11) is 0. The van der Waals surface area contributed by atoms with Crippen LogP contribution in [0.15, 0.2) is 12.2 Å². The van der Waals surface area contributed by atoms with Gasteiger partial charge in [0.25, 0.3) is 0 Å². The molecule has 1 spiro atoms. The van der Waals surface area contributed by atoms with Crippen molar-refractivity contribution in [1.29, 1.82) is 0 Å². The predicted molar refractivity (Wildman–Crippen MR) is 49.2 cm³/mol. The van der Waals surface area contributed by atoms with Crippen molar-refractivity contribution < 1.29 is 9.47 Å². The van der Waals surface area contributed by atoms with Crippen LogP contribution in [0.3, 0.4) is 0 Å². The van der Waals surface area contributed by atoms with Gasteiger partial charge in [0.15, 0.2) is 5.79 Å². The normalized spacial score (nSPS) is 46.1. The minimum absolute atomic E-state index is 0.158. The molecule has 3 fully saturated rings. The van der Waals surface area contributed by atoms with Crippen LogP contribution in [0.2, 0.25) is 0 Å². The van der Waals surface area contributed by atoms with E-state index in [0.717, 1.165) is 31.5 Å². The van der Waals surface area contributed by atoms with Crippen LogP contribution in [0.5, 0.6) is 0 Å². The molecule has 0 aromatic heterocycles. The molecule has 2 nitrogen and oxygen atoms in total. The predicted octanol–water partition coefficient (Wildman–Crippen LogP) is 1.96. The molecule has 0 radical (unpaired) electrons. The van der Waals surface area contributed by atoms with E-state index in [9.17, 15) is 0 Å². The molecule has 3 atom stereocenters. The topological polar surface area (TPSA) is 18.5 Å². The average molecular weight is 180 g/mol. The van der Waals surface area contributed by atoms with Crippen molar-refractivity contribution >= 4 is 0 Å². The van der Waals surface area contributed by atoms with Gasteiger partial charge in [0.1, 0.15) is 0 Å². The molecule has 13 heavy (non-hydrogen) atoms. The van der Waals surface area contributed by atoms with E-state index in [1.54, 1.807) is 0 Å². The van der Waals surface area contributed by atoms with Gasteiger partial charge in [-0.1, -0.05) is 12.2 Å². The summed E-state index contributed by atoms with van der Waals surface area (Å²) in [6.07, 6.45) is 6.89. The summed E-state index contributed by atoms with van der Waals surface area (Å²) < 4.78 is 11.6. The molecular formula is C11H16O2. The van der Waals surface area contributed by atoms with Crippen molar-refractivity contribution in [3.05, 3.63) is 12.2 Å². The number of rotatable bonds is 1. The second-order valence-electron chi connectivity index (χ2n) is 4.34. The summed E-state index contributed by atoms with van der Waals surface area (Å²) >= 11 is 0. The highest BCUT2D eigenvalue weighted by Crippen LogP contribution is 2.65. The fourth-order valence-corrected chi connectivity index (χ4v) is 3.22. The van der Waals surface area contributed by atoms with Gasteiger partial charge in [-0.2, -0.15) is 0 Å². The first kappa shape index (κ1) is 8.01. The van der Waals surface area contributed by atoms with E-state index in [2.05, 4.69) is 19.1 Å². The van der Waals surface area contributed by atoms with E-state index >= 15 is 0 Å². The molecule has 3 aliphatic rings. The Kier molecular flexibility index (Phi) is 1.59. The average Bonchev–Trinajstić information content (AvgIpc) is 2.57. The van der Waals surface area contributed by atoms with Crippen molar-refractivity contribution in [1.82, 2.24) is 0 Å². The SMILES string of the molecule is C/C=C/[C@H]1[C@H]2CCC3(OCCO3)[C@@H]12. The first-order valence-electron chi connectivity index (χ1n) is 5.28. The molecule has 1 saturated heterocycles. The maximum Gasteiger partial charge on any atom is 0.172 e. The first-order valence-corrected chi connectivity index (χ1v) is 5.28. The van der Waals surface area contributed by atoms with Gasteiger partial charge >= 0.3 is 0 Å². The highest BCUT2D eigenvalue weighted by Gasteiger charge is 2.67. The summed E-state index contributed by atoms with van der Waals surface area (Å²) in [4.78, 5) is 0. The van der Waals surface area contributed by atoms with Crippen molar-refractivity contribution in [2.45, 2.75) is 25.6 Å². The molecule has 0 aromatic rings. The molecule has 1 aliphatic heterocycles. The number of ether oxygens (including phenoxy) is 2. The summed E-state index contributed by atoms with van der Waals surface area (Å²) in [6.45, 7) is 3.69. The van der Waals surface area contributed by atoms with Crippen LogP contribution in [0.25, 0.3) is 0 Å². The molecule has 2 aliphatic carbocycles. The second-order valence-corrected chi connectivity index (χ2v) is 4.34. The van der Waals surface area contributed by atoms with Crippen LogP contribution in [0.4, 0.5) is 0 Å². The summed E-state index contributed by atoms with van der Waals surface area (Å²) in [5, 5.41) is 0. The van der Waals surface area contributed by atoms with E-state index in [0.29, 0.717) is 5.92 Å². The lowest BCUT2D eigenvalue weighted by molar-refractivity contribution is -0.169. The Labute approximate surface area is 78.9 Å². The second kappa shape index (κ2) is 2.58. The van der Waals surface area contributed by atoms with Gasteiger partial charge in [-0.05, 0) is 25.2 Å². The lowest BCUT2D eigenvalue weighted by atomic mass is 10.1. The zero-order valence-electron chi connectivity index (χ0n) is 8.03. The fourth-order valence-electron chi connectivity index (χ4n) is 3.22. The Bertz CT molecular complexity index is 235. The van der Waals surface area contributed by atoms with Gasteiger partial charge < -0.3 is 9.47 Å². The molecule has 72 valence electrons. The lowest BCUT2D eigenvalue weighted by Gasteiger charge is -2.24. The number of hydrogen-bond donors (Lipinski definition) is 0. The van der Waals surface area contributed by atoms with Gasteiger partial charge in [0, 0.05) is 12.3 Å². The summed E-state index contributed by atoms with van der Waals surface area (Å²) in [5.74, 6) is 2.12. The van der Waals surface area contributed by atoms with Crippen molar-refractivity contribution in [2.75, 3.05) is 13.2 Å². The van der Waals surface area contributed by atoms with E-state index in [4.69, 9.17) is 9.47 Å². The van der Waals surface area contributed by atoms with E-state index in [1.165, 1.54) is 6.42 Å². The Balaban J connectivity index is 1.79. The fraction of sp³-hybridized carbons (Fsp3) is 0.818. The zero-order valence-corrected chi connectivity index (χ0v) is 8.03. The Morgan fingerprint density at radius 3 is 2.77 bits per heavy atom. The molecule has 2 saturated carbocycles. The summed E-state index contributed by atoms with van der Waals surface area (Å²) in [5.41, 5.74) is 0. The van der Waals surface area contributed by atoms with Crippen LogP contribution in [-0.2, 0) is 9.47 Å². The maximum absolute atomic E-state index is 5.78. The minimum atomic E-state index is -0.158. The maximum atomic E-state index is 5.78. The number of hydrogen-bond acceptors (Lipinski definition) is 2. The molecule has 0 aromatic carbocycles. The lowest BCUT2D eigenvalue weighted by Crippen LogP contribution is -2.31. The van der Waals surface area contributed by atoms with Crippen molar-refractivity contribution in [3.63, 3.8) is 0 Å². The monoisotopic (exact) mass is 180 g/mol. The summed E-state index contributed by atoms with van der Waals surface area (Å²) in [6, 6.07) is 0. The molecular weight excluding hydrogens is 164 g/mol. The van der Waals surface area contributed by atoms with Gasteiger partial charge in [-0.15, -0.1) is 0 Å². The van der Waals surface area contributed by atoms with Crippen LogP contribution < -0.4 is 0 Å². The van der Waals surface area contributed by atoms with Crippen molar-refractivity contribution in [2.24, 2.45) is 17.8 Å². The quantitative estimate of drug-likeness (QED) is 0.574. The molecule has 0 amide bonds. The smallest absolute Gasteiger partial charge is 0.172 e. The van der Waals surface area contributed by atoms with Gasteiger partial charge in [-0.3, -0.25) is 0 Å². The molecule has 0 unspecified atom stereocenters. The number of fused-ring (bicyclic) bond motifs is 2. The Morgan fingerprint density at radius 1 is 1.31 bits per heavy atom. The van der Waals surface area contributed by atoms with Crippen LogP contribution >= 0.6 is 0 Å². The van der Waals surface area contributed by atoms with Crippen LogP contribution in [0.1, 0.15) is 19.8 Å². The largest absolute Gasteiger partial charge is 0.347 e. The van der Waals surface area contributed by atoms with Crippen molar-refractivity contribution in [3.8, 4) is 0 Å². The third-order valence-corrected chi connectivity index (χ3v) is 3.75. The molecule has 1 heterocycles. The molecule has 3 rings (SSSR count). The molecule has 2 heteroatoms. The van der Waals surface area contributed by atoms with E-state index < -0.39 is 0 Å². The first-order chi connectivity index (χ1) is 6.37. The van der Waals surface area contributed by atoms with Gasteiger partial charge in [0.05, 0.1) is 13.2 Å². The van der Waals surface area contributed by atoms with E-state index in [-0.39, 0.29) is 5.79 Å². The number of allylic oxidation sites excluding steroid dienone is 2. The molecule has 0 bridgehead atoms. The van der Waals surface area contributed by atoms with Gasteiger partial charge in [-0.25, -0.2) is 0 Å². The third-order valence-electron chi connectivity index (χ3n) is 3.75. The zero-order chi connectivity index (χ0) is 8.89. The van der Waals surface area contributed by atoms with Gasteiger partial charge in [0.2, 0.25) is 0 Å². The highest BCUT2D eigenvalue weighted by molar-refractivity contribution is 5.17. The van der Waals surface area contributed by atoms with Crippen LogP contribution in [-0.4, -0.2) is 19.0 Å².